The van der Waals surface area contributed by atoms with Crippen molar-refractivity contribution < 1.29 is 0 Å². The van der Waals surface area contributed by atoms with Crippen LogP contribution in [0.25, 0.3) is 16.7 Å². The molecule has 38 heavy (non-hydrogen) atoms. The van der Waals surface area contributed by atoms with Crippen molar-refractivity contribution in [1.82, 2.24) is 0 Å². The maximum atomic E-state index is 3.82. The van der Waals surface area contributed by atoms with Gasteiger partial charge in [0.1, 0.15) is 0 Å². The van der Waals surface area contributed by atoms with Crippen molar-refractivity contribution >= 4 is 11.3 Å². The zero-order valence-corrected chi connectivity index (χ0v) is 21.3. The van der Waals surface area contributed by atoms with Crippen LogP contribution in [0.1, 0.15) is 40.7 Å². The maximum Gasteiger partial charge on any atom is 0.0714 e. The molecule has 1 nitrogen and oxygen atoms in total. The highest BCUT2D eigenvalue weighted by atomic mass is 14.9. The molecule has 0 unspecified atom stereocenters. The lowest BCUT2D eigenvalue weighted by molar-refractivity contribution is 0.769. The molecule has 0 amide bonds. The lowest BCUT2D eigenvalue weighted by atomic mass is 9.67. The van der Waals surface area contributed by atoms with Gasteiger partial charge in [0, 0.05) is 11.4 Å². The van der Waals surface area contributed by atoms with E-state index in [2.05, 4.69) is 151 Å². The highest BCUT2D eigenvalue weighted by molar-refractivity contribution is 5.88. The van der Waals surface area contributed by atoms with Crippen LogP contribution in [0.2, 0.25) is 0 Å². The van der Waals surface area contributed by atoms with Crippen molar-refractivity contribution in [2.24, 2.45) is 0 Å². The Morgan fingerprint density at radius 2 is 1.16 bits per heavy atom. The molecule has 0 saturated carbocycles. The smallest absolute Gasteiger partial charge is 0.0714 e. The first-order chi connectivity index (χ1) is 18.9. The molecule has 0 aliphatic heterocycles. The van der Waals surface area contributed by atoms with E-state index in [0.29, 0.717) is 0 Å². The Morgan fingerprint density at radius 3 is 1.87 bits per heavy atom. The predicted molar refractivity (Wildman–Crippen MR) is 159 cm³/mol. The first-order valence-corrected chi connectivity index (χ1v) is 13.4. The summed E-state index contributed by atoms with van der Waals surface area (Å²) in [6, 6.07) is 48.6. The fraction of sp³-hybridized carbons (Fsp3) is 0.0811. The van der Waals surface area contributed by atoms with Crippen LogP contribution in [0.4, 0.5) is 5.69 Å². The molecule has 0 spiro atoms. The number of hydrogen-bond acceptors (Lipinski definition) is 1. The minimum atomic E-state index is -0.384. The second kappa shape index (κ2) is 9.36. The summed E-state index contributed by atoms with van der Waals surface area (Å²) in [6.07, 6.45) is 6.63. The summed E-state index contributed by atoms with van der Waals surface area (Å²) in [5.41, 5.74) is 12.4. The number of fused-ring (bicyclic) bond motifs is 3. The molecule has 2 aliphatic rings. The minimum Gasteiger partial charge on any atom is -0.355 e. The zero-order chi connectivity index (χ0) is 25.4. The molecule has 0 heterocycles. The van der Waals surface area contributed by atoms with Gasteiger partial charge in [-0.15, -0.1) is 0 Å². The Kier molecular flexibility index (Phi) is 5.56. The van der Waals surface area contributed by atoms with Crippen LogP contribution in [0.3, 0.4) is 0 Å². The van der Waals surface area contributed by atoms with Crippen molar-refractivity contribution in [3.63, 3.8) is 0 Å². The van der Waals surface area contributed by atoms with E-state index in [4.69, 9.17) is 0 Å². The number of nitrogens with one attached hydrogen (secondary N) is 1. The van der Waals surface area contributed by atoms with Gasteiger partial charge in [-0.1, -0.05) is 127 Å². The highest BCUT2D eigenvalue weighted by Crippen LogP contribution is 2.56. The topological polar surface area (TPSA) is 12.0 Å². The van der Waals surface area contributed by atoms with Gasteiger partial charge in [0.2, 0.25) is 0 Å². The van der Waals surface area contributed by atoms with E-state index in [-0.39, 0.29) is 5.41 Å². The van der Waals surface area contributed by atoms with Crippen molar-refractivity contribution in [2.75, 3.05) is 5.32 Å². The summed E-state index contributed by atoms with van der Waals surface area (Å²) in [5, 5.41) is 3.82. The van der Waals surface area contributed by atoms with Gasteiger partial charge >= 0.3 is 0 Å². The molecule has 7 rings (SSSR count). The summed E-state index contributed by atoms with van der Waals surface area (Å²) in [4.78, 5) is 0. The Labute approximate surface area is 224 Å². The summed E-state index contributed by atoms with van der Waals surface area (Å²) in [5.74, 6) is 0. The molecular formula is C37H29N. The molecular weight excluding hydrogens is 458 g/mol. The van der Waals surface area contributed by atoms with Gasteiger partial charge in [0.05, 0.1) is 5.41 Å². The maximum absolute atomic E-state index is 3.82. The molecule has 5 aromatic rings. The van der Waals surface area contributed by atoms with E-state index < -0.39 is 0 Å². The van der Waals surface area contributed by atoms with E-state index in [1.54, 1.807) is 0 Å². The summed E-state index contributed by atoms with van der Waals surface area (Å²) >= 11 is 0. The number of allylic oxidation sites excluding steroid dienone is 3. The number of benzene rings is 5. The first kappa shape index (κ1) is 22.6. The number of anilines is 1. The van der Waals surface area contributed by atoms with Crippen molar-refractivity contribution in [3.8, 4) is 11.1 Å². The van der Waals surface area contributed by atoms with Crippen LogP contribution in [0.5, 0.6) is 0 Å². The van der Waals surface area contributed by atoms with E-state index >= 15 is 0 Å². The van der Waals surface area contributed by atoms with E-state index in [1.807, 2.05) is 0 Å². The van der Waals surface area contributed by atoms with Crippen molar-refractivity contribution in [1.29, 1.82) is 0 Å². The Hall–Kier alpha value is -4.62. The normalized spacial score (nSPS) is 15.2. The van der Waals surface area contributed by atoms with Crippen molar-refractivity contribution in [2.45, 2.75) is 18.3 Å². The zero-order valence-electron chi connectivity index (χ0n) is 21.3. The van der Waals surface area contributed by atoms with Crippen LogP contribution < -0.4 is 5.32 Å². The molecule has 0 saturated heterocycles. The van der Waals surface area contributed by atoms with Gasteiger partial charge in [0.15, 0.2) is 0 Å². The average molecular weight is 488 g/mol. The molecule has 0 atom stereocenters. The van der Waals surface area contributed by atoms with Crippen LogP contribution in [0, 0.1) is 0 Å². The summed E-state index contributed by atoms with van der Waals surface area (Å²) in [6.45, 7) is 0. The largest absolute Gasteiger partial charge is 0.355 e. The Morgan fingerprint density at radius 1 is 0.553 bits per heavy atom. The van der Waals surface area contributed by atoms with Crippen LogP contribution in [0.15, 0.2) is 151 Å². The second-order valence-electron chi connectivity index (χ2n) is 10.1. The SMILES string of the molecule is C1=CC(Nc2ccc3c(c2)C(c2ccccc2)(c2ccccc2)c2ccccc2-3)=C(c2ccccc2)CC1. The lowest BCUT2D eigenvalue weighted by Gasteiger charge is -2.34. The molecule has 1 N–H and O–H groups in total. The third-order valence-electron chi connectivity index (χ3n) is 8.03. The monoisotopic (exact) mass is 487 g/mol. The molecule has 0 bridgehead atoms. The fourth-order valence-corrected chi connectivity index (χ4v) is 6.40. The van der Waals surface area contributed by atoms with Gasteiger partial charge in [-0.25, -0.2) is 0 Å². The van der Waals surface area contributed by atoms with E-state index in [1.165, 1.54) is 50.2 Å². The van der Waals surface area contributed by atoms with Gasteiger partial charge < -0.3 is 5.32 Å². The fourth-order valence-electron chi connectivity index (χ4n) is 6.40. The highest BCUT2D eigenvalue weighted by Gasteiger charge is 2.46. The summed E-state index contributed by atoms with van der Waals surface area (Å²) in [7, 11) is 0. The van der Waals surface area contributed by atoms with E-state index in [9.17, 15) is 0 Å². The number of rotatable bonds is 5. The van der Waals surface area contributed by atoms with Crippen LogP contribution >= 0.6 is 0 Å². The summed E-state index contributed by atoms with van der Waals surface area (Å²) < 4.78 is 0. The molecule has 1 heteroatoms. The van der Waals surface area contributed by atoms with Gasteiger partial charge in [-0.3, -0.25) is 0 Å². The third kappa shape index (κ3) is 3.55. The van der Waals surface area contributed by atoms with Gasteiger partial charge in [-0.2, -0.15) is 0 Å². The lowest BCUT2D eigenvalue weighted by Crippen LogP contribution is -2.28. The predicted octanol–water partition coefficient (Wildman–Crippen LogP) is 9.22. The number of hydrogen-bond donors (Lipinski definition) is 1. The first-order valence-electron chi connectivity index (χ1n) is 13.4. The van der Waals surface area contributed by atoms with Crippen LogP contribution in [-0.4, -0.2) is 0 Å². The quantitative estimate of drug-likeness (QED) is 0.255. The molecule has 0 aromatic heterocycles. The second-order valence-corrected chi connectivity index (χ2v) is 10.1. The molecule has 0 fully saturated rings. The third-order valence-corrected chi connectivity index (χ3v) is 8.03. The van der Waals surface area contributed by atoms with Gasteiger partial charge in [-0.05, 0) is 75.6 Å². The van der Waals surface area contributed by atoms with Crippen LogP contribution in [-0.2, 0) is 5.41 Å². The van der Waals surface area contributed by atoms with Gasteiger partial charge in [0.25, 0.3) is 0 Å². The standard InChI is InChI=1S/C37H29N/c1-4-14-27(15-5-1)31-20-11-13-23-36(31)38-30-24-25-33-32-21-10-12-22-34(32)37(35(33)26-30,28-16-6-2-7-17-28)29-18-8-3-9-19-29/h1-10,12-19,21-26,38H,11,20H2. The minimum absolute atomic E-state index is 0.384. The molecule has 0 radical (unpaired) electrons. The average Bonchev–Trinajstić information content (AvgIpc) is 3.29. The molecule has 5 aromatic carbocycles. The molecule has 182 valence electrons. The van der Waals surface area contributed by atoms with E-state index in [0.717, 1.165) is 18.5 Å². The Bertz CT molecular complexity index is 1620. The Balaban J connectivity index is 1.44. The molecule has 2 aliphatic carbocycles. The van der Waals surface area contributed by atoms with Crippen molar-refractivity contribution in [3.05, 3.63) is 179 Å².